The second kappa shape index (κ2) is 6.10. The van der Waals surface area contributed by atoms with Gasteiger partial charge in [0.1, 0.15) is 11.4 Å². The molecule has 1 aromatic carbocycles. The summed E-state index contributed by atoms with van der Waals surface area (Å²) >= 11 is 11.9. The number of phenolic OH excluding ortho intramolecular Hbond substituents is 1. The molecule has 0 radical (unpaired) electrons. The number of phenols is 1. The molecule has 4 aromatic rings. The molecule has 27 heavy (non-hydrogen) atoms. The largest absolute Gasteiger partial charge is 0.506 e. The Balaban J connectivity index is 1.74. The Morgan fingerprint density at radius 3 is 2.59 bits per heavy atom. The zero-order valence-electron chi connectivity index (χ0n) is 12.9. The number of rotatable bonds is 2. The van der Waals surface area contributed by atoms with Crippen LogP contribution in [0.2, 0.25) is 10.0 Å². The van der Waals surface area contributed by atoms with E-state index in [1.165, 1.54) is 18.3 Å². The van der Waals surface area contributed by atoms with Crippen molar-refractivity contribution in [1.82, 2.24) is 24.5 Å². The van der Waals surface area contributed by atoms with Crippen molar-refractivity contribution in [3.8, 4) is 28.7 Å². The van der Waals surface area contributed by atoms with E-state index in [4.69, 9.17) is 27.7 Å². The van der Waals surface area contributed by atoms with E-state index in [-0.39, 0.29) is 38.9 Å². The maximum Gasteiger partial charge on any atom is 0.434 e. The smallest absolute Gasteiger partial charge is 0.434 e. The Morgan fingerprint density at radius 1 is 1.07 bits per heavy atom. The monoisotopic (exact) mass is 415 g/mol. The second-order valence-corrected chi connectivity index (χ2v) is 6.18. The number of alkyl halides is 3. The van der Waals surface area contributed by atoms with Crippen LogP contribution in [0.5, 0.6) is 5.75 Å². The van der Waals surface area contributed by atoms with Crippen LogP contribution in [0.15, 0.2) is 35.2 Å². The first-order valence-corrected chi connectivity index (χ1v) is 7.92. The molecule has 138 valence electrons. The first-order valence-electron chi connectivity index (χ1n) is 7.17. The summed E-state index contributed by atoms with van der Waals surface area (Å²) in [5.41, 5.74) is -0.436. The van der Waals surface area contributed by atoms with E-state index in [0.29, 0.717) is 5.56 Å². The highest BCUT2D eigenvalue weighted by atomic mass is 35.5. The average Bonchev–Trinajstić information content (AvgIpc) is 3.23. The zero-order valence-corrected chi connectivity index (χ0v) is 14.4. The number of nitrogens with zero attached hydrogens (tertiary/aromatic N) is 5. The van der Waals surface area contributed by atoms with Gasteiger partial charge in [-0.2, -0.15) is 18.2 Å². The molecule has 0 atom stereocenters. The van der Waals surface area contributed by atoms with Crippen LogP contribution in [0.1, 0.15) is 5.69 Å². The summed E-state index contributed by atoms with van der Waals surface area (Å²) in [6.07, 6.45) is -1.49. The quantitative estimate of drug-likeness (QED) is 0.519. The van der Waals surface area contributed by atoms with Crippen molar-refractivity contribution in [2.75, 3.05) is 0 Å². The number of halogens is 5. The minimum absolute atomic E-state index is 0.0393. The molecule has 0 spiro atoms. The van der Waals surface area contributed by atoms with Crippen LogP contribution in [-0.4, -0.2) is 29.6 Å². The molecule has 3 aromatic heterocycles. The normalized spacial score (nSPS) is 12.0. The molecule has 1 N–H and O–H groups in total. The molecule has 0 aliphatic heterocycles. The number of aromatic nitrogens is 5. The number of aromatic hydroxyl groups is 1. The molecule has 7 nitrogen and oxygen atoms in total. The van der Waals surface area contributed by atoms with Crippen molar-refractivity contribution in [3.63, 3.8) is 0 Å². The Kier molecular flexibility index (Phi) is 3.97. The Labute approximate surface area is 158 Å². The molecule has 0 saturated heterocycles. The summed E-state index contributed by atoms with van der Waals surface area (Å²) in [5.74, 6) is -0.173. The molecule has 0 bridgehead atoms. The van der Waals surface area contributed by atoms with Gasteiger partial charge < -0.3 is 14.0 Å². The first-order chi connectivity index (χ1) is 12.7. The van der Waals surface area contributed by atoms with Crippen LogP contribution in [0, 0.1) is 0 Å². The first kappa shape index (κ1) is 17.6. The standard InChI is InChI=1S/C15H6Cl2F3N5O2/c16-7-2-10(26)8(17)1-6(7)13-23-14(27-24-13)9-4-25-5-11(15(18,19)20)21-3-12(25)22-9/h1-5,26H. The van der Waals surface area contributed by atoms with Crippen molar-refractivity contribution in [3.05, 3.63) is 46.5 Å². The van der Waals surface area contributed by atoms with Crippen LogP contribution in [0.4, 0.5) is 13.2 Å². The summed E-state index contributed by atoms with van der Waals surface area (Å²) < 4.78 is 44.5. The van der Waals surface area contributed by atoms with E-state index in [2.05, 4.69) is 20.1 Å². The molecule has 0 unspecified atom stereocenters. The van der Waals surface area contributed by atoms with E-state index < -0.39 is 11.9 Å². The van der Waals surface area contributed by atoms with Crippen molar-refractivity contribution < 1.29 is 22.8 Å². The molecular formula is C15H6Cl2F3N5O2. The lowest BCUT2D eigenvalue weighted by Gasteiger charge is -2.04. The molecule has 0 fully saturated rings. The van der Waals surface area contributed by atoms with E-state index in [0.717, 1.165) is 16.8 Å². The van der Waals surface area contributed by atoms with Gasteiger partial charge in [-0.3, -0.25) is 0 Å². The fourth-order valence-electron chi connectivity index (χ4n) is 2.29. The maximum atomic E-state index is 12.8. The third-order valence-corrected chi connectivity index (χ3v) is 4.17. The fraction of sp³-hybridized carbons (Fsp3) is 0.0667. The van der Waals surface area contributed by atoms with Gasteiger partial charge in [0.2, 0.25) is 5.82 Å². The maximum absolute atomic E-state index is 12.8. The van der Waals surface area contributed by atoms with E-state index in [1.54, 1.807) is 0 Å². The molecule has 12 heteroatoms. The van der Waals surface area contributed by atoms with Gasteiger partial charge in [0.05, 0.1) is 16.2 Å². The third-order valence-electron chi connectivity index (χ3n) is 3.55. The topological polar surface area (TPSA) is 89.3 Å². The summed E-state index contributed by atoms with van der Waals surface area (Å²) in [6, 6.07) is 2.58. The van der Waals surface area contributed by atoms with E-state index in [9.17, 15) is 18.3 Å². The fourth-order valence-corrected chi connectivity index (χ4v) is 2.70. The van der Waals surface area contributed by atoms with Crippen LogP contribution in [0.25, 0.3) is 28.6 Å². The lowest BCUT2D eigenvalue weighted by molar-refractivity contribution is -0.141. The van der Waals surface area contributed by atoms with Gasteiger partial charge in [0, 0.05) is 24.0 Å². The number of imidazole rings is 1. The number of hydrogen-bond acceptors (Lipinski definition) is 6. The highest BCUT2D eigenvalue weighted by Crippen LogP contribution is 2.35. The summed E-state index contributed by atoms with van der Waals surface area (Å²) in [6.45, 7) is 0. The summed E-state index contributed by atoms with van der Waals surface area (Å²) in [4.78, 5) is 11.6. The van der Waals surface area contributed by atoms with Crippen molar-refractivity contribution in [1.29, 1.82) is 0 Å². The highest BCUT2D eigenvalue weighted by molar-refractivity contribution is 6.36. The zero-order chi connectivity index (χ0) is 19.3. The molecule has 3 heterocycles. The number of fused-ring (bicyclic) bond motifs is 1. The van der Waals surface area contributed by atoms with Crippen LogP contribution >= 0.6 is 23.2 Å². The predicted molar refractivity (Wildman–Crippen MR) is 88.4 cm³/mol. The van der Waals surface area contributed by atoms with Crippen LogP contribution < -0.4 is 0 Å². The molecule has 0 aliphatic rings. The molecular weight excluding hydrogens is 410 g/mol. The molecule has 4 rings (SSSR count). The SMILES string of the molecule is Oc1cc(Cl)c(-c2noc(-c3cn4cc(C(F)(F)F)ncc4n3)n2)cc1Cl. The van der Waals surface area contributed by atoms with Gasteiger partial charge >= 0.3 is 6.18 Å². The Morgan fingerprint density at radius 2 is 1.85 bits per heavy atom. The van der Waals surface area contributed by atoms with Crippen molar-refractivity contribution in [2.45, 2.75) is 6.18 Å². The Bertz CT molecular complexity index is 1170. The lowest BCUT2D eigenvalue weighted by atomic mass is 10.2. The van der Waals surface area contributed by atoms with Crippen molar-refractivity contribution >= 4 is 28.8 Å². The minimum atomic E-state index is -4.58. The van der Waals surface area contributed by atoms with Gasteiger partial charge in [-0.05, 0) is 6.07 Å². The summed E-state index contributed by atoms with van der Waals surface area (Å²) in [7, 11) is 0. The lowest BCUT2D eigenvalue weighted by Crippen LogP contribution is -2.08. The predicted octanol–water partition coefficient (Wildman–Crippen LogP) is 4.48. The molecule has 0 amide bonds. The number of benzene rings is 1. The number of hydrogen-bond donors (Lipinski definition) is 1. The Hall–Kier alpha value is -2.85. The van der Waals surface area contributed by atoms with Crippen molar-refractivity contribution in [2.24, 2.45) is 0 Å². The highest BCUT2D eigenvalue weighted by Gasteiger charge is 2.33. The second-order valence-electron chi connectivity index (χ2n) is 5.37. The van der Waals surface area contributed by atoms with Crippen LogP contribution in [-0.2, 0) is 6.18 Å². The van der Waals surface area contributed by atoms with Gasteiger partial charge in [0.15, 0.2) is 11.3 Å². The van der Waals surface area contributed by atoms with Crippen LogP contribution in [0.3, 0.4) is 0 Å². The van der Waals surface area contributed by atoms with Gasteiger partial charge in [-0.1, -0.05) is 28.4 Å². The van der Waals surface area contributed by atoms with Gasteiger partial charge in [-0.25, -0.2) is 9.97 Å². The molecule has 0 aliphatic carbocycles. The minimum Gasteiger partial charge on any atom is -0.506 e. The van der Waals surface area contributed by atoms with Gasteiger partial charge in [-0.15, -0.1) is 0 Å². The summed E-state index contributed by atoms with van der Waals surface area (Å²) in [5, 5.41) is 13.5. The third kappa shape index (κ3) is 3.17. The average molecular weight is 416 g/mol. The molecule has 0 saturated carbocycles. The van der Waals surface area contributed by atoms with Gasteiger partial charge in [0.25, 0.3) is 5.89 Å². The van der Waals surface area contributed by atoms with E-state index in [1.807, 2.05) is 0 Å². The van der Waals surface area contributed by atoms with E-state index >= 15 is 0 Å².